The average molecular weight is 477 g/mol. The molecule has 0 N–H and O–H groups in total. The highest BCUT2D eigenvalue weighted by Crippen LogP contribution is 2.43. The van der Waals surface area contributed by atoms with Crippen molar-refractivity contribution in [3.8, 4) is 0 Å². The fraction of sp³-hybridized carbons (Fsp3) is 0.370. The smallest absolute Gasteiger partial charge is 0.228 e. The number of rotatable bonds is 6. The first-order valence-electron chi connectivity index (χ1n) is 11.9. The number of ether oxygens (including phenoxy) is 1. The number of anilines is 1. The van der Waals surface area contributed by atoms with Crippen molar-refractivity contribution in [3.05, 3.63) is 88.3 Å². The summed E-state index contributed by atoms with van der Waals surface area (Å²) in [5.41, 5.74) is 4.74. The molecule has 1 aromatic carbocycles. The molecule has 2 aromatic heterocycles. The number of aromatic nitrogens is 2. The van der Waals surface area contributed by atoms with Gasteiger partial charge >= 0.3 is 0 Å². The van der Waals surface area contributed by atoms with Crippen molar-refractivity contribution in [2.24, 2.45) is 0 Å². The highest BCUT2D eigenvalue weighted by atomic mass is 35.5. The highest BCUT2D eigenvalue weighted by molar-refractivity contribution is 6.30. The van der Waals surface area contributed by atoms with Gasteiger partial charge in [-0.2, -0.15) is 0 Å². The minimum Gasteiger partial charge on any atom is -0.365 e. The second-order valence-electron chi connectivity index (χ2n) is 9.08. The molecule has 0 saturated carbocycles. The van der Waals surface area contributed by atoms with Crippen LogP contribution in [0.25, 0.3) is 0 Å². The standard InChI is InChI=1S/C27H29ClN4O2/c1-2-26(33)32(25-8-7-23(28)15-30-25)18-21-5-3-20(4-6-21)17-31-13-10-27(11-14-31)24-16-29-12-9-22(24)19-34-27/h3-9,12,15-16H,2,10-11,13-14,17-19H2,1H3. The van der Waals surface area contributed by atoms with Gasteiger partial charge in [0.05, 0.1) is 23.8 Å². The third kappa shape index (κ3) is 4.71. The van der Waals surface area contributed by atoms with Crippen LogP contribution in [0.15, 0.2) is 61.1 Å². The fourth-order valence-electron chi connectivity index (χ4n) is 4.95. The molecule has 0 unspecified atom stereocenters. The summed E-state index contributed by atoms with van der Waals surface area (Å²) < 4.78 is 6.26. The average Bonchev–Trinajstić information content (AvgIpc) is 3.23. The number of hydrogen-bond acceptors (Lipinski definition) is 5. The van der Waals surface area contributed by atoms with E-state index in [1.165, 1.54) is 16.7 Å². The first-order chi connectivity index (χ1) is 16.6. The van der Waals surface area contributed by atoms with E-state index in [-0.39, 0.29) is 11.5 Å². The molecule has 1 fully saturated rings. The molecule has 0 aliphatic carbocycles. The Kier molecular flexibility index (Phi) is 6.63. The van der Waals surface area contributed by atoms with Gasteiger partial charge in [0.1, 0.15) is 5.82 Å². The molecular formula is C27H29ClN4O2. The molecular weight excluding hydrogens is 448 g/mol. The Morgan fingerprint density at radius 3 is 2.56 bits per heavy atom. The minimum atomic E-state index is -0.158. The lowest BCUT2D eigenvalue weighted by molar-refractivity contribution is -0.118. The van der Waals surface area contributed by atoms with Gasteiger partial charge in [0.15, 0.2) is 0 Å². The molecule has 1 amide bonds. The summed E-state index contributed by atoms with van der Waals surface area (Å²) in [6, 6.07) is 14.2. The SMILES string of the molecule is CCC(=O)N(Cc1ccc(CN2CCC3(CC2)OCc2ccncc23)cc1)c1ccc(Cl)cn1. The van der Waals surface area contributed by atoms with Crippen LogP contribution in [0.4, 0.5) is 5.82 Å². The zero-order valence-electron chi connectivity index (χ0n) is 19.4. The van der Waals surface area contributed by atoms with Crippen LogP contribution in [0.3, 0.4) is 0 Å². The van der Waals surface area contributed by atoms with Gasteiger partial charge < -0.3 is 4.74 Å². The lowest BCUT2D eigenvalue weighted by atomic mass is 9.84. The Morgan fingerprint density at radius 2 is 1.85 bits per heavy atom. The second kappa shape index (κ2) is 9.82. The Hall–Kier alpha value is -2.80. The van der Waals surface area contributed by atoms with Gasteiger partial charge in [0.2, 0.25) is 5.91 Å². The molecule has 7 heteroatoms. The first kappa shape index (κ1) is 23.0. The van der Waals surface area contributed by atoms with Gasteiger partial charge in [-0.25, -0.2) is 4.98 Å². The number of amides is 1. The van der Waals surface area contributed by atoms with Crippen LogP contribution < -0.4 is 4.90 Å². The van der Waals surface area contributed by atoms with E-state index in [1.54, 1.807) is 23.2 Å². The van der Waals surface area contributed by atoms with Crippen molar-refractivity contribution in [1.29, 1.82) is 0 Å². The number of halogens is 1. The number of nitrogens with zero attached hydrogens (tertiary/aromatic N) is 4. The largest absolute Gasteiger partial charge is 0.365 e. The molecule has 6 nitrogen and oxygen atoms in total. The monoisotopic (exact) mass is 476 g/mol. The third-order valence-corrected chi connectivity index (χ3v) is 7.16. The number of carbonyl (C=O) groups is 1. The maximum Gasteiger partial charge on any atom is 0.228 e. The molecule has 4 heterocycles. The maximum absolute atomic E-state index is 12.5. The van der Waals surface area contributed by atoms with Crippen molar-refractivity contribution in [2.75, 3.05) is 18.0 Å². The van der Waals surface area contributed by atoms with Crippen molar-refractivity contribution in [1.82, 2.24) is 14.9 Å². The Labute approximate surface area is 205 Å². The number of benzene rings is 1. The van der Waals surface area contributed by atoms with Gasteiger partial charge in [0, 0.05) is 50.2 Å². The number of carbonyl (C=O) groups excluding carboxylic acids is 1. The second-order valence-corrected chi connectivity index (χ2v) is 9.51. The zero-order valence-corrected chi connectivity index (χ0v) is 20.2. The molecule has 176 valence electrons. The van der Waals surface area contributed by atoms with Crippen LogP contribution in [0.1, 0.15) is 48.4 Å². The van der Waals surface area contributed by atoms with Crippen molar-refractivity contribution >= 4 is 23.3 Å². The van der Waals surface area contributed by atoms with Gasteiger partial charge in [-0.05, 0) is 47.7 Å². The molecule has 5 rings (SSSR count). The predicted octanol–water partition coefficient (Wildman–Crippen LogP) is 5.09. The molecule has 34 heavy (non-hydrogen) atoms. The summed E-state index contributed by atoms with van der Waals surface area (Å²) in [5.74, 6) is 0.653. The van der Waals surface area contributed by atoms with Crippen LogP contribution in [0.2, 0.25) is 5.02 Å². The Bertz CT molecular complexity index is 1140. The molecule has 0 radical (unpaired) electrons. The van der Waals surface area contributed by atoms with E-state index < -0.39 is 0 Å². The van der Waals surface area contributed by atoms with E-state index in [1.807, 2.05) is 19.3 Å². The summed E-state index contributed by atoms with van der Waals surface area (Å²) in [6.07, 6.45) is 7.82. The predicted molar refractivity (Wildman–Crippen MR) is 132 cm³/mol. The number of hydrogen-bond donors (Lipinski definition) is 0. The van der Waals surface area contributed by atoms with E-state index in [4.69, 9.17) is 16.3 Å². The molecule has 1 saturated heterocycles. The number of piperidine rings is 1. The van der Waals surface area contributed by atoms with Crippen LogP contribution in [0.5, 0.6) is 0 Å². The van der Waals surface area contributed by atoms with Crippen LogP contribution in [-0.4, -0.2) is 33.9 Å². The Morgan fingerprint density at radius 1 is 1.09 bits per heavy atom. The first-order valence-corrected chi connectivity index (χ1v) is 12.2. The van der Waals surface area contributed by atoms with E-state index in [2.05, 4.69) is 45.2 Å². The van der Waals surface area contributed by atoms with Gasteiger partial charge in [-0.3, -0.25) is 19.6 Å². The summed E-state index contributed by atoms with van der Waals surface area (Å²) in [4.78, 5) is 25.4. The van der Waals surface area contributed by atoms with Gasteiger partial charge in [-0.1, -0.05) is 42.8 Å². The molecule has 0 atom stereocenters. The lowest BCUT2D eigenvalue weighted by Gasteiger charge is -2.39. The number of pyridine rings is 2. The third-order valence-electron chi connectivity index (χ3n) is 6.93. The minimum absolute atomic E-state index is 0.0343. The molecule has 2 aliphatic rings. The molecule has 0 bridgehead atoms. The molecule has 1 spiro atoms. The summed E-state index contributed by atoms with van der Waals surface area (Å²) >= 11 is 5.97. The number of likely N-dealkylation sites (tertiary alicyclic amines) is 1. The summed E-state index contributed by atoms with van der Waals surface area (Å²) in [5, 5.41) is 0.556. The lowest BCUT2D eigenvalue weighted by Crippen LogP contribution is -2.42. The van der Waals surface area contributed by atoms with Crippen molar-refractivity contribution < 1.29 is 9.53 Å². The van der Waals surface area contributed by atoms with E-state index >= 15 is 0 Å². The Balaban J connectivity index is 1.20. The summed E-state index contributed by atoms with van der Waals surface area (Å²) in [7, 11) is 0. The van der Waals surface area contributed by atoms with E-state index in [0.717, 1.165) is 38.0 Å². The highest BCUT2D eigenvalue weighted by Gasteiger charge is 2.42. The van der Waals surface area contributed by atoms with Gasteiger partial charge in [0.25, 0.3) is 0 Å². The van der Waals surface area contributed by atoms with Gasteiger partial charge in [-0.15, -0.1) is 0 Å². The molecule has 2 aliphatic heterocycles. The fourth-order valence-corrected chi connectivity index (χ4v) is 5.06. The quantitative estimate of drug-likeness (QED) is 0.495. The van der Waals surface area contributed by atoms with Crippen molar-refractivity contribution in [2.45, 2.75) is 51.5 Å². The van der Waals surface area contributed by atoms with Crippen LogP contribution in [0, 0.1) is 0 Å². The van der Waals surface area contributed by atoms with Crippen LogP contribution >= 0.6 is 11.6 Å². The topological polar surface area (TPSA) is 58.6 Å². The van der Waals surface area contributed by atoms with Crippen LogP contribution in [-0.2, 0) is 34.8 Å². The zero-order chi connectivity index (χ0) is 23.5. The molecule has 3 aromatic rings. The van der Waals surface area contributed by atoms with E-state index in [9.17, 15) is 4.79 Å². The normalized spacial score (nSPS) is 17.0. The summed E-state index contributed by atoms with van der Waals surface area (Å²) in [6.45, 7) is 5.95. The van der Waals surface area contributed by atoms with Crippen molar-refractivity contribution in [3.63, 3.8) is 0 Å². The maximum atomic E-state index is 12.5. The number of fused-ring (bicyclic) bond motifs is 2. The van der Waals surface area contributed by atoms with E-state index in [0.29, 0.717) is 30.4 Å².